The molecule has 2 aliphatic rings. The minimum absolute atomic E-state index is 0.0585. The van der Waals surface area contributed by atoms with E-state index in [0.29, 0.717) is 50.2 Å². The van der Waals surface area contributed by atoms with Gasteiger partial charge in [-0.05, 0) is 55.0 Å². The number of nitrogens with one attached hydrogen (secondary N) is 1. The summed E-state index contributed by atoms with van der Waals surface area (Å²) < 4.78 is 61.9. The number of nitrogens with zero attached hydrogens (tertiary/aromatic N) is 6. The van der Waals surface area contributed by atoms with E-state index in [1.54, 1.807) is 37.3 Å². The molecule has 0 unspecified atom stereocenters. The van der Waals surface area contributed by atoms with Crippen molar-refractivity contribution < 1.29 is 36.7 Å². The average molecular weight is 718 g/mol. The molecule has 0 aliphatic carbocycles. The quantitative estimate of drug-likeness (QED) is 0.188. The van der Waals surface area contributed by atoms with Crippen LogP contribution in [0.25, 0.3) is 5.69 Å². The van der Waals surface area contributed by atoms with Crippen LogP contribution < -0.4 is 10.2 Å². The maximum atomic E-state index is 14.6. The number of rotatable bonds is 10. The number of carbonyl (C=O) groups excluding carboxylic acids is 3. The molecule has 15 heteroatoms. The lowest BCUT2D eigenvalue weighted by Crippen LogP contribution is -2.55. The minimum atomic E-state index is -4.72. The molecule has 11 nitrogen and oxygen atoms in total. The molecule has 1 fully saturated rings. The Kier molecular flexibility index (Phi) is 10.7. The molecule has 1 saturated heterocycles. The highest BCUT2D eigenvalue weighted by atomic mass is 19.4. The van der Waals surface area contributed by atoms with Crippen LogP contribution in [0, 0.1) is 17.1 Å². The van der Waals surface area contributed by atoms with Gasteiger partial charge in [0.25, 0.3) is 17.7 Å². The third-order valence-electron chi connectivity index (χ3n) is 9.15. The van der Waals surface area contributed by atoms with E-state index in [2.05, 4.69) is 16.3 Å². The molecular weight excluding hydrogens is 682 g/mol. The normalized spacial score (nSPS) is 17.7. The average Bonchev–Trinajstić information content (AvgIpc) is 3.54. The Morgan fingerprint density at radius 3 is 2.40 bits per heavy atom. The number of nitriles is 1. The lowest BCUT2D eigenvalue weighted by Gasteiger charge is -2.38. The van der Waals surface area contributed by atoms with Gasteiger partial charge >= 0.3 is 6.18 Å². The summed E-state index contributed by atoms with van der Waals surface area (Å²) in [6, 6.07) is 18.4. The van der Waals surface area contributed by atoms with Gasteiger partial charge in [0.1, 0.15) is 24.2 Å². The zero-order valence-electron chi connectivity index (χ0n) is 28.1. The predicted octanol–water partition coefficient (Wildman–Crippen LogP) is 4.63. The van der Waals surface area contributed by atoms with Crippen LogP contribution in [0.5, 0.6) is 0 Å². The number of anilines is 1. The molecule has 3 amide bonds. The van der Waals surface area contributed by atoms with Gasteiger partial charge in [-0.25, -0.2) is 9.07 Å². The summed E-state index contributed by atoms with van der Waals surface area (Å²) >= 11 is 0. The van der Waals surface area contributed by atoms with Gasteiger partial charge in [0.05, 0.1) is 30.5 Å². The van der Waals surface area contributed by atoms with Gasteiger partial charge in [0.2, 0.25) is 0 Å². The fourth-order valence-corrected chi connectivity index (χ4v) is 6.57. The third kappa shape index (κ3) is 7.39. The van der Waals surface area contributed by atoms with Crippen LogP contribution in [0.15, 0.2) is 78.9 Å². The second-order valence-electron chi connectivity index (χ2n) is 12.3. The molecule has 3 heterocycles. The van der Waals surface area contributed by atoms with Gasteiger partial charge in [-0.1, -0.05) is 36.4 Å². The van der Waals surface area contributed by atoms with Crippen LogP contribution in [0.1, 0.15) is 50.4 Å². The van der Waals surface area contributed by atoms with Crippen LogP contribution in [0.3, 0.4) is 0 Å². The summed E-state index contributed by atoms with van der Waals surface area (Å²) in [5, 5.41) is 17.2. The summed E-state index contributed by atoms with van der Waals surface area (Å²) in [7, 11) is 0. The Morgan fingerprint density at radius 1 is 1.04 bits per heavy atom. The van der Waals surface area contributed by atoms with Crippen LogP contribution in [0.2, 0.25) is 0 Å². The van der Waals surface area contributed by atoms with E-state index < -0.39 is 47.2 Å². The van der Waals surface area contributed by atoms with E-state index in [0.717, 1.165) is 12.1 Å². The number of aromatic nitrogens is 2. The summed E-state index contributed by atoms with van der Waals surface area (Å²) in [6.07, 6.45) is -4.72. The fraction of sp³-hybridized carbons (Fsp3) is 0.324. The minimum Gasteiger partial charge on any atom is -0.379 e. The van der Waals surface area contributed by atoms with Crippen LogP contribution in [-0.4, -0.2) is 95.8 Å². The number of carbonyl (C=O) groups is 3. The van der Waals surface area contributed by atoms with E-state index in [1.165, 1.54) is 44.8 Å². The number of hydrogen-bond acceptors (Lipinski definition) is 7. The second kappa shape index (κ2) is 15.3. The third-order valence-corrected chi connectivity index (χ3v) is 9.15. The first-order valence-corrected chi connectivity index (χ1v) is 16.7. The lowest BCUT2D eigenvalue weighted by atomic mass is 9.80. The van der Waals surface area contributed by atoms with E-state index in [1.807, 2.05) is 0 Å². The highest BCUT2D eigenvalue weighted by Crippen LogP contribution is 2.44. The number of benzene rings is 3. The number of alkyl halides is 3. The summed E-state index contributed by atoms with van der Waals surface area (Å²) in [5.41, 5.74) is -0.417. The number of morpholine rings is 1. The molecule has 0 spiro atoms. The molecule has 4 aromatic rings. The largest absolute Gasteiger partial charge is 0.416 e. The van der Waals surface area contributed by atoms with Crippen molar-refractivity contribution in [3.05, 3.63) is 113 Å². The number of halogens is 4. The Morgan fingerprint density at radius 2 is 1.75 bits per heavy atom. The summed E-state index contributed by atoms with van der Waals surface area (Å²) in [6.45, 7) is 4.48. The van der Waals surface area contributed by atoms with Crippen molar-refractivity contribution in [3.63, 3.8) is 0 Å². The van der Waals surface area contributed by atoms with Gasteiger partial charge in [-0.3, -0.25) is 24.2 Å². The highest BCUT2D eigenvalue weighted by Gasteiger charge is 2.48. The molecule has 2 atom stereocenters. The molecule has 2 aliphatic heterocycles. The first-order chi connectivity index (χ1) is 25.0. The van der Waals surface area contributed by atoms with Crippen molar-refractivity contribution >= 4 is 23.5 Å². The summed E-state index contributed by atoms with van der Waals surface area (Å²) in [4.78, 5) is 47.6. The van der Waals surface area contributed by atoms with Crippen molar-refractivity contribution in [1.29, 1.82) is 5.26 Å². The first-order valence-electron chi connectivity index (χ1n) is 16.7. The Hall–Kier alpha value is -5.59. The van der Waals surface area contributed by atoms with Gasteiger partial charge in [0.15, 0.2) is 5.69 Å². The Balaban J connectivity index is 1.51. The van der Waals surface area contributed by atoms with Crippen LogP contribution in [0.4, 0.5) is 23.4 Å². The number of hydrogen-bond donors (Lipinski definition) is 1. The van der Waals surface area contributed by atoms with E-state index in [4.69, 9.17) is 9.84 Å². The van der Waals surface area contributed by atoms with Crippen molar-refractivity contribution in [2.75, 3.05) is 57.4 Å². The Bertz CT molecular complexity index is 1970. The maximum absolute atomic E-state index is 14.6. The lowest BCUT2D eigenvalue weighted by molar-refractivity contribution is -0.137. The highest BCUT2D eigenvalue weighted by molar-refractivity contribution is 6.07. The Labute approximate surface area is 297 Å². The van der Waals surface area contributed by atoms with Gasteiger partial charge < -0.3 is 15.0 Å². The van der Waals surface area contributed by atoms with Gasteiger partial charge in [-0.15, -0.1) is 0 Å². The smallest absolute Gasteiger partial charge is 0.379 e. The molecule has 0 radical (unpaired) electrons. The topological polar surface area (TPSA) is 124 Å². The molecule has 3 aromatic carbocycles. The molecule has 0 saturated carbocycles. The fourth-order valence-electron chi connectivity index (χ4n) is 6.57. The number of fused-ring (bicyclic) bond motifs is 1. The van der Waals surface area contributed by atoms with E-state index in [-0.39, 0.29) is 42.3 Å². The summed E-state index contributed by atoms with van der Waals surface area (Å²) in [5.74, 6) is -3.70. The van der Waals surface area contributed by atoms with Gasteiger partial charge in [-0.2, -0.15) is 23.5 Å². The monoisotopic (exact) mass is 717 g/mol. The first kappa shape index (κ1) is 36.2. The second-order valence-corrected chi connectivity index (χ2v) is 12.3. The van der Waals surface area contributed by atoms with Gasteiger partial charge in [0, 0.05) is 49.8 Å². The number of para-hydroxylation sites is 1. The number of ether oxygens (including phenoxy) is 1. The maximum Gasteiger partial charge on any atom is 0.416 e. The predicted molar refractivity (Wildman–Crippen MR) is 181 cm³/mol. The molecule has 0 bridgehead atoms. The van der Waals surface area contributed by atoms with Crippen LogP contribution in [-0.2, 0) is 15.7 Å². The molecule has 270 valence electrons. The molecule has 52 heavy (non-hydrogen) atoms. The van der Waals surface area contributed by atoms with E-state index >= 15 is 0 Å². The SMILES string of the molecule is CCN1C(=O)[C@@H](NC(=O)c2cccc(C(F)(F)F)c2)[C@@H](c2ccc(F)cc2)c2c(C(=O)N(CC#N)CCN3CCOCC3)nn(-c3ccccc3)c21. The standard InChI is InChI=1S/C37H35F4N7O4/c1-2-47-34-30(32(44-48(34)28-9-4-3-5-10-28)35(50)46(16-15-42)18-17-45-19-21-52-22-20-45)29(24-11-13-27(38)14-12-24)31(36(47)51)43-33(49)25-7-6-8-26(23-25)37(39,40)41/h3-14,23,29,31H,2,16-22H2,1H3,(H,43,49)/t29-,31-/m0/s1. The number of amides is 3. The zero-order valence-corrected chi connectivity index (χ0v) is 28.1. The molecule has 6 rings (SSSR count). The van der Waals surface area contributed by atoms with Crippen molar-refractivity contribution in [2.24, 2.45) is 0 Å². The molecule has 1 aromatic heterocycles. The van der Waals surface area contributed by atoms with E-state index in [9.17, 15) is 37.2 Å². The van der Waals surface area contributed by atoms with Crippen molar-refractivity contribution in [2.45, 2.75) is 25.1 Å². The molecular formula is C37H35F4N7O4. The zero-order chi connectivity index (χ0) is 37.0. The van der Waals surface area contributed by atoms with Crippen LogP contribution >= 0.6 is 0 Å². The van der Waals surface area contributed by atoms with Crippen molar-refractivity contribution in [1.82, 2.24) is 24.9 Å². The molecule has 1 N–H and O–H groups in total. The van der Waals surface area contributed by atoms with Crippen molar-refractivity contribution in [3.8, 4) is 11.8 Å². The number of likely N-dealkylation sites (N-methyl/N-ethyl adjacent to an activating group) is 1.